The number of halogens is 1. The Bertz CT molecular complexity index is 653. The summed E-state index contributed by atoms with van der Waals surface area (Å²) in [7, 11) is -3.70. The van der Waals surface area contributed by atoms with Gasteiger partial charge in [0.15, 0.2) is 0 Å². The summed E-state index contributed by atoms with van der Waals surface area (Å²) in [4.78, 5) is 12.4. The van der Waals surface area contributed by atoms with Crippen molar-refractivity contribution in [2.24, 2.45) is 0 Å². The van der Waals surface area contributed by atoms with E-state index in [-0.39, 0.29) is 29.4 Å². The van der Waals surface area contributed by atoms with Crippen LogP contribution in [0.25, 0.3) is 0 Å². The zero-order valence-electron chi connectivity index (χ0n) is 14.2. The molecule has 0 bridgehead atoms. The molecule has 1 fully saturated rings. The molecule has 1 aliphatic rings. The van der Waals surface area contributed by atoms with Crippen LogP contribution in [0.4, 0.5) is 0 Å². The van der Waals surface area contributed by atoms with E-state index >= 15 is 0 Å². The van der Waals surface area contributed by atoms with E-state index < -0.39 is 10.0 Å². The molecule has 0 spiro atoms. The van der Waals surface area contributed by atoms with Crippen molar-refractivity contribution < 1.29 is 13.2 Å². The highest BCUT2D eigenvalue weighted by atomic mass is 79.9. The molecule has 0 radical (unpaired) electrons. The number of nitrogens with zero attached hydrogens (tertiary/aromatic N) is 1. The number of nitrogens with one attached hydrogen (secondary N) is 1. The fourth-order valence-corrected chi connectivity index (χ4v) is 4.94. The number of amides is 1. The monoisotopic (exact) mass is 416 g/mol. The Morgan fingerprint density at radius 1 is 1.21 bits per heavy atom. The van der Waals surface area contributed by atoms with E-state index in [1.165, 1.54) is 4.31 Å². The lowest BCUT2D eigenvalue weighted by atomic mass is 9.95. The van der Waals surface area contributed by atoms with Crippen LogP contribution in [0, 0.1) is 0 Å². The summed E-state index contributed by atoms with van der Waals surface area (Å²) in [5, 5.41) is 2.79. The van der Waals surface area contributed by atoms with Crippen LogP contribution < -0.4 is 5.32 Å². The van der Waals surface area contributed by atoms with Crippen molar-refractivity contribution in [2.45, 2.75) is 62.9 Å². The third-order valence-corrected chi connectivity index (χ3v) is 6.59. The molecule has 0 aromatic heterocycles. The third kappa shape index (κ3) is 5.04. The van der Waals surface area contributed by atoms with E-state index in [9.17, 15) is 13.2 Å². The molecule has 1 aromatic rings. The standard InChI is InChI=1S/C17H25BrN2O3S/c1-13(2)19-17(21)12-20(15-6-4-3-5-7-15)24(22,23)16-10-8-14(18)9-11-16/h8-11,13,15H,3-7,12H2,1-2H3,(H,19,21). The van der Waals surface area contributed by atoms with Crippen molar-refractivity contribution in [3.63, 3.8) is 0 Å². The minimum atomic E-state index is -3.70. The smallest absolute Gasteiger partial charge is 0.243 e. The van der Waals surface area contributed by atoms with Crippen molar-refractivity contribution in [1.82, 2.24) is 9.62 Å². The van der Waals surface area contributed by atoms with Gasteiger partial charge in [-0.15, -0.1) is 0 Å². The molecule has 0 heterocycles. The van der Waals surface area contributed by atoms with Gasteiger partial charge in [-0.1, -0.05) is 35.2 Å². The topological polar surface area (TPSA) is 66.5 Å². The maximum absolute atomic E-state index is 13.1. The van der Waals surface area contributed by atoms with Gasteiger partial charge >= 0.3 is 0 Å². The van der Waals surface area contributed by atoms with Gasteiger partial charge in [-0.2, -0.15) is 4.31 Å². The van der Waals surface area contributed by atoms with Crippen LogP contribution >= 0.6 is 15.9 Å². The Hall–Kier alpha value is -0.920. The lowest BCUT2D eigenvalue weighted by Gasteiger charge is -2.33. The van der Waals surface area contributed by atoms with Crippen molar-refractivity contribution >= 4 is 31.9 Å². The van der Waals surface area contributed by atoms with Gasteiger partial charge in [0, 0.05) is 16.6 Å². The largest absolute Gasteiger partial charge is 0.353 e. The lowest BCUT2D eigenvalue weighted by Crippen LogP contribution is -2.48. The highest BCUT2D eigenvalue weighted by molar-refractivity contribution is 9.10. The number of benzene rings is 1. The van der Waals surface area contributed by atoms with Gasteiger partial charge in [0.2, 0.25) is 15.9 Å². The van der Waals surface area contributed by atoms with Crippen LogP contribution in [0.15, 0.2) is 33.6 Å². The SMILES string of the molecule is CC(C)NC(=O)CN(C1CCCCC1)S(=O)(=O)c1ccc(Br)cc1. The van der Waals surface area contributed by atoms with Gasteiger partial charge in [-0.3, -0.25) is 4.79 Å². The maximum atomic E-state index is 13.1. The molecule has 1 aromatic carbocycles. The van der Waals surface area contributed by atoms with Crippen molar-refractivity contribution in [3.8, 4) is 0 Å². The third-order valence-electron chi connectivity index (χ3n) is 4.15. The lowest BCUT2D eigenvalue weighted by molar-refractivity contribution is -0.122. The second kappa shape index (κ2) is 8.45. The van der Waals surface area contributed by atoms with Gasteiger partial charge in [0.25, 0.3) is 0 Å². The average Bonchev–Trinajstić information content (AvgIpc) is 2.53. The first kappa shape index (κ1) is 19.4. The molecule has 0 saturated heterocycles. The molecular weight excluding hydrogens is 392 g/mol. The van der Waals surface area contributed by atoms with Gasteiger partial charge in [0.1, 0.15) is 0 Å². The molecule has 2 rings (SSSR count). The van der Waals surface area contributed by atoms with Gasteiger partial charge in [-0.25, -0.2) is 8.42 Å². The molecule has 1 N–H and O–H groups in total. The fourth-order valence-electron chi connectivity index (χ4n) is 3.03. The second-order valence-corrected chi connectivity index (χ2v) is 9.32. The summed E-state index contributed by atoms with van der Waals surface area (Å²) in [6, 6.07) is 6.46. The number of carbonyl (C=O) groups excluding carboxylic acids is 1. The summed E-state index contributed by atoms with van der Waals surface area (Å²) in [6.07, 6.45) is 4.75. The Balaban J connectivity index is 2.29. The average molecular weight is 417 g/mol. The van der Waals surface area contributed by atoms with E-state index in [2.05, 4.69) is 21.2 Å². The molecule has 0 unspecified atom stereocenters. The molecule has 1 saturated carbocycles. The van der Waals surface area contributed by atoms with Crippen LogP contribution in [0.2, 0.25) is 0 Å². The first-order chi connectivity index (χ1) is 11.3. The molecule has 5 nitrogen and oxygen atoms in total. The van der Waals surface area contributed by atoms with Gasteiger partial charge in [-0.05, 0) is 51.0 Å². The summed E-state index contributed by atoms with van der Waals surface area (Å²) in [5.41, 5.74) is 0. The summed E-state index contributed by atoms with van der Waals surface area (Å²) >= 11 is 3.32. The predicted molar refractivity (Wildman–Crippen MR) is 98.2 cm³/mol. The maximum Gasteiger partial charge on any atom is 0.243 e. The van der Waals surface area contributed by atoms with E-state index in [1.807, 2.05) is 13.8 Å². The quantitative estimate of drug-likeness (QED) is 0.773. The second-order valence-electron chi connectivity index (χ2n) is 6.52. The normalized spacial score (nSPS) is 16.5. The molecule has 24 heavy (non-hydrogen) atoms. The molecule has 7 heteroatoms. The van der Waals surface area contributed by atoms with Crippen LogP contribution in [0.3, 0.4) is 0 Å². The van der Waals surface area contributed by atoms with E-state index in [0.717, 1.165) is 36.6 Å². The minimum Gasteiger partial charge on any atom is -0.353 e. The zero-order chi connectivity index (χ0) is 17.7. The van der Waals surface area contributed by atoms with E-state index in [4.69, 9.17) is 0 Å². The molecule has 134 valence electrons. The molecule has 0 aliphatic heterocycles. The zero-order valence-corrected chi connectivity index (χ0v) is 16.6. The summed E-state index contributed by atoms with van der Waals surface area (Å²) in [5.74, 6) is -0.253. The van der Waals surface area contributed by atoms with E-state index in [0.29, 0.717) is 0 Å². The first-order valence-corrected chi connectivity index (χ1v) is 10.6. The Morgan fingerprint density at radius 2 is 1.79 bits per heavy atom. The molecular formula is C17H25BrN2O3S. The number of hydrogen-bond acceptors (Lipinski definition) is 3. The molecule has 1 amide bonds. The van der Waals surface area contributed by atoms with Crippen molar-refractivity contribution in [3.05, 3.63) is 28.7 Å². The minimum absolute atomic E-state index is 0.0129. The van der Waals surface area contributed by atoms with Crippen LogP contribution in [0.5, 0.6) is 0 Å². The fraction of sp³-hybridized carbons (Fsp3) is 0.588. The number of carbonyl (C=O) groups is 1. The molecule has 1 aliphatic carbocycles. The van der Waals surface area contributed by atoms with Crippen LogP contribution in [-0.4, -0.2) is 37.3 Å². The molecule has 0 atom stereocenters. The Labute approximate surface area is 153 Å². The Kier molecular flexibility index (Phi) is 6.83. The predicted octanol–water partition coefficient (Wildman–Crippen LogP) is 3.30. The number of sulfonamides is 1. The van der Waals surface area contributed by atoms with Crippen molar-refractivity contribution in [1.29, 1.82) is 0 Å². The number of rotatable bonds is 6. The van der Waals surface area contributed by atoms with Crippen LogP contribution in [0.1, 0.15) is 46.0 Å². The Morgan fingerprint density at radius 3 is 2.33 bits per heavy atom. The number of hydrogen-bond donors (Lipinski definition) is 1. The highest BCUT2D eigenvalue weighted by Crippen LogP contribution is 2.28. The van der Waals surface area contributed by atoms with Crippen LogP contribution in [-0.2, 0) is 14.8 Å². The van der Waals surface area contributed by atoms with E-state index in [1.54, 1.807) is 24.3 Å². The van der Waals surface area contributed by atoms with Crippen molar-refractivity contribution in [2.75, 3.05) is 6.54 Å². The van der Waals surface area contributed by atoms with Gasteiger partial charge < -0.3 is 5.32 Å². The highest BCUT2D eigenvalue weighted by Gasteiger charge is 2.33. The summed E-state index contributed by atoms with van der Waals surface area (Å²) in [6.45, 7) is 3.61. The summed E-state index contributed by atoms with van der Waals surface area (Å²) < 4.78 is 28.4. The first-order valence-electron chi connectivity index (χ1n) is 8.37. The van der Waals surface area contributed by atoms with Gasteiger partial charge in [0.05, 0.1) is 11.4 Å².